The lowest BCUT2D eigenvalue weighted by molar-refractivity contribution is -0.143. The molecular weight excluding hydrogens is 323 g/mol. The van der Waals surface area contributed by atoms with Gasteiger partial charge in [-0.25, -0.2) is 18.0 Å². The third-order valence-electron chi connectivity index (χ3n) is 3.79. The number of alkyl carbamates (subject to hydrolysis) is 1. The number of benzene rings is 1. The standard InChI is InChI=1S/C17H20F3NO3/c1-16(2,3)21-15(23)24-17(7-5-4-6-13(17)22)14-11(19)8-10(18)9-12(14)20/h8-9H,4-7H2,1-3H3,(H,21,23). The summed E-state index contributed by atoms with van der Waals surface area (Å²) in [7, 11) is 0. The van der Waals surface area contributed by atoms with Crippen molar-refractivity contribution in [2.75, 3.05) is 0 Å². The lowest BCUT2D eigenvalue weighted by Gasteiger charge is -2.36. The number of hydrogen-bond acceptors (Lipinski definition) is 3. The fraction of sp³-hybridized carbons (Fsp3) is 0.529. The quantitative estimate of drug-likeness (QED) is 0.884. The summed E-state index contributed by atoms with van der Waals surface area (Å²) >= 11 is 0. The van der Waals surface area contributed by atoms with Gasteiger partial charge in [0.25, 0.3) is 0 Å². The van der Waals surface area contributed by atoms with Gasteiger partial charge in [0.15, 0.2) is 5.78 Å². The van der Waals surface area contributed by atoms with E-state index in [0.29, 0.717) is 25.0 Å². The number of ketones is 1. The average molecular weight is 343 g/mol. The second-order valence-corrected chi connectivity index (χ2v) is 6.97. The third kappa shape index (κ3) is 3.71. The van der Waals surface area contributed by atoms with E-state index in [1.54, 1.807) is 20.8 Å². The van der Waals surface area contributed by atoms with Crippen molar-refractivity contribution < 1.29 is 27.5 Å². The van der Waals surface area contributed by atoms with Crippen molar-refractivity contribution in [3.63, 3.8) is 0 Å². The summed E-state index contributed by atoms with van der Waals surface area (Å²) in [6, 6.07) is 0.958. The molecule has 1 fully saturated rings. The highest BCUT2D eigenvalue weighted by molar-refractivity contribution is 5.91. The summed E-state index contributed by atoms with van der Waals surface area (Å²) in [5, 5.41) is 2.50. The zero-order chi connectivity index (χ0) is 18.1. The van der Waals surface area contributed by atoms with Gasteiger partial charge in [0, 0.05) is 24.1 Å². The molecule has 24 heavy (non-hydrogen) atoms. The van der Waals surface area contributed by atoms with Crippen LogP contribution >= 0.6 is 0 Å². The maximum atomic E-state index is 14.3. The minimum atomic E-state index is -2.07. The maximum Gasteiger partial charge on any atom is 0.408 e. The number of halogens is 3. The molecular formula is C17H20F3NO3. The average Bonchev–Trinajstić information content (AvgIpc) is 2.38. The Morgan fingerprint density at radius 3 is 2.25 bits per heavy atom. The van der Waals surface area contributed by atoms with Gasteiger partial charge in [-0.1, -0.05) is 0 Å². The Balaban J connectivity index is 2.50. The molecule has 0 aliphatic heterocycles. The normalized spacial score (nSPS) is 21.5. The molecule has 7 heteroatoms. The van der Waals surface area contributed by atoms with Gasteiger partial charge in [-0.15, -0.1) is 0 Å². The van der Waals surface area contributed by atoms with E-state index in [-0.39, 0.29) is 12.8 Å². The third-order valence-corrected chi connectivity index (χ3v) is 3.79. The highest BCUT2D eigenvalue weighted by Crippen LogP contribution is 2.41. The van der Waals surface area contributed by atoms with Crippen LogP contribution in [0.5, 0.6) is 0 Å². The molecule has 1 unspecified atom stereocenters. The van der Waals surface area contributed by atoms with Crippen LogP contribution in [0.1, 0.15) is 52.0 Å². The van der Waals surface area contributed by atoms with Crippen molar-refractivity contribution in [1.82, 2.24) is 5.32 Å². The summed E-state index contributed by atoms with van der Waals surface area (Å²) in [5.74, 6) is -4.19. The Labute approximate surface area is 138 Å². The summed E-state index contributed by atoms with van der Waals surface area (Å²) in [5.41, 5.74) is -3.44. The minimum absolute atomic E-state index is 0.0268. The molecule has 0 bridgehead atoms. The summed E-state index contributed by atoms with van der Waals surface area (Å²) in [4.78, 5) is 24.6. The molecule has 0 aromatic heterocycles. The second-order valence-electron chi connectivity index (χ2n) is 6.97. The largest absolute Gasteiger partial charge is 0.430 e. The van der Waals surface area contributed by atoms with Crippen LogP contribution in [0, 0.1) is 17.5 Å². The Bertz CT molecular complexity index is 647. The highest BCUT2D eigenvalue weighted by Gasteiger charge is 2.49. The molecule has 1 aromatic rings. The van der Waals surface area contributed by atoms with E-state index in [2.05, 4.69) is 5.32 Å². The molecule has 2 rings (SSSR count). The van der Waals surface area contributed by atoms with Crippen LogP contribution in [0.15, 0.2) is 12.1 Å². The number of hydrogen-bond donors (Lipinski definition) is 1. The molecule has 0 saturated heterocycles. The van der Waals surface area contributed by atoms with Gasteiger partial charge in [0.05, 0.1) is 5.56 Å². The molecule has 1 aliphatic rings. The first-order valence-corrected chi connectivity index (χ1v) is 7.75. The predicted molar refractivity (Wildman–Crippen MR) is 80.8 cm³/mol. The van der Waals surface area contributed by atoms with Gasteiger partial charge in [0.2, 0.25) is 5.60 Å². The number of amides is 1. The van der Waals surface area contributed by atoms with E-state index in [0.717, 1.165) is 0 Å². The fourth-order valence-corrected chi connectivity index (χ4v) is 2.84. The van der Waals surface area contributed by atoms with Gasteiger partial charge in [0.1, 0.15) is 17.5 Å². The fourth-order valence-electron chi connectivity index (χ4n) is 2.84. The maximum absolute atomic E-state index is 14.3. The molecule has 4 nitrogen and oxygen atoms in total. The first-order valence-electron chi connectivity index (χ1n) is 7.75. The smallest absolute Gasteiger partial charge is 0.408 e. The predicted octanol–water partition coefficient (Wildman–Crippen LogP) is 3.97. The number of ether oxygens (including phenoxy) is 1. The van der Waals surface area contributed by atoms with Crippen LogP contribution < -0.4 is 5.32 Å². The zero-order valence-electron chi connectivity index (χ0n) is 13.8. The van der Waals surface area contributed by atoms with Crippen LogP contribution in [0.25, 0.3) is 0 Å². The van der Waals surface area contributed by atoms with E-state index >= 15 is 0 Å². The van der Waals surface area contributed by atoms with Gasteiger partial charge >= 0.3 is 6.09 Å². The molecule has 1 amide bonds. The van der Waals surface area contributed by atoms with E-state index in [1.165, 1.54) is 0 Å². The second kappa shape index (κ2) is 6.45. The van der Waals surface area contributed by atoms with Gasteiger partial charge in [-0.2, -0.15) is 0 Å². The van der Waals surface area contributed by atoms with Gasteiger partial charge in [-0.05, 0) is 40.0 Å². The Hall–Kier alpha value is -2.05. The Morgan fingerprint density at radius 2 is 1.75 bits per heavy atom. The summed E-state index contributed by atoms with van der Waals surface area (Å²) in [6.45, 7) is 5.09. The van der Waals surface area contributed by atoms with Crippen molar-refractivity contribution in [3.05, 3.63) is 35.1 Å². The molecule has 132 valence electrons. The number of nitrogens with one attached hydrogen (secondary N) is 1. The van der Waals surface area contributed by atoms with E-state index < -0.39 is 46.0 Å². The molecule has 1 aliphatic carbocycles. The lowest BCUT2D eigenvalue weighted by Crippen LogP contribution is -2.49. The van der Waals surface area contributed by atoms with Crippen LogP contribution in [0.3, 0.4) is 0 Å². The van der Waals surface area contributed by atoms with Gasteiger partial charge in [-0.3, -0.25) is 4.79 Å². The molecule has 0 heterocycles. The van der Waals surface area contributed by atoms with Crippen molar-refractivity contribution in [1.29, 1.82) is 0 Å². The first-order chi connectivity index (χ1) is 11.0. The van der Waals surface area contributed by atoms with E-state index in [1.807, 2.05) is 0 Å². The molecule has 0 radical (unpaired) electrons. The van der Waals surface area contributed by atoms with Crippen LogP contribution in [0.4, 0.5) is 18.0 Å². The molecule has 1 atom stereocenters. The lowest BCUT2D eigenvalue weighted by atomic mass is 9.77. The van der Waals surface area contributed by atoms with E-state index in [4.69, 9.17) is 4.74 Å². The monoisotopic (exact) mass is 343 g/mol. The molecule has 1 saturated carbocycles. The topological polar surface area (TPSA) is 55.4 Å². The minimum Gasteiger partial charge on any atom is -0.430 e. The van der Waals surface area contributed by atoms with Crippen LogP contribution in [0.2, 0.25) is 0 Å². The Morgan fingerprint density at radius 1 is 1.17 bits per heavy atom. The number of carbonyl (C=O) groups excluding carboxylic acids is 2. The Kier molecular flexibility index (Phi) is 4.92. The summed E-state index contributed by atoms with van der Waals surface area (Å²) in [6.07, 6.45) is 0.00278. The van der Waals surface area contributed by atoms with Crippen molar-refractivity contribution in [2.45, 2.75) is 57.6 Å². The van der Waals surface area contributed by atoms with Crippen molar-refractivity contribution >= 4 is 11.9 Å². The number of carbonyl (C=O) groups is 2. The zero-order valence-corrected chi connectivity index (χ0v) is 13.8. The first kappa shape index (κ1) is 18.3. The number of Topliss-reactive ketones (excluding diaryl/α,β-unsaturated/α-hetero) is 1. The van der Waals surface area contributed by atoms with Crippen LogP contribution in [-0.2, 0) is 15.1 Å². The van der Waals surface area contributed by atoms with Crippen molar-refractivity contribution in [3.8, 4) is 0 Å². The number of rotatable bonds is 2. The molecule has 0 spiro atoms. The highest BCUT2D eigenvalue weighted by atomic mass is 19.1. The molecule has 1 N–H and O–H groups in total. The van der Waals surface area contributed by atoms with Gasteiger partial charge < -0.3 is 10.1 Å². The van der Waals surface area contributed by atoms with E-state index in [9.17, 15) is 22.8 Å². The summed E-state index contributed by atoms with van der Waals surface area (Å²) < 4.78 is 47.0. The van der Waals surface area contributed by atoms with Crippen molar-refractivity contribution in [2.24, 2.45) is 0 Å². The van der Waals surface area contributed by atoms with Crippen LogP contribution in [-0.4, -0.2) is 17.4 Å². The SMILES string of the molecule is CC(C)(C)NC(=O)OC1(c2c(F)cc(F)cc2F)CCCCC1=O. The molecule has 1 aromatic carbocycles.